The highest BCUT2D eigenvalue weighted by Crippen LogP contribution is 2.25. The van der Waals surface area contributed by atoms with Crippen LogP contribution in [0.2, 0.25) is 0 Å². The third-order valence-corrected chi connectivity index (χ3v) is 3.99. The minimum absolute atomic E-state index is 0.694. The fraction of sp³-hybridized carbons (Fsp3) is 0.714. The summed E-state index contributed by atoms with van der Waals surface area (Å²) in [5, 5.41) is 0. The van der Waals surface area contributed by atoms with Crippen LogP contribution in [0.25, 0.3) is 0 Å². The van der Waals surface area contributed by atoms with Gasteiger partial charge < -0.3 is 5.43 Å². The summed E-state index contributed by atoms with van der Waals surface area (Å²) in [4.78, 5) is 11.3. The van der Waals surface area contributed by atoms with Crippen LogP contribution in [0.5, 0.6) is 0 Å². The molecule has 0 unspecified atom stereocenters. The number of rotatable bonds is 4. The maximum Gasteiger partial charge on any atom is 0.145 e. The van der Waals surface area contributed by atoms with Gasteiger partial charge in [-0.3, -0.25) is 4.90 Å². The Bertz CT molecular complexity index is 410. The molecule has 19 heavy (non-hydrogen) atoms. The molecule has 5 nitrogen and oxygen atoms in total. The fourth-order valence-electron chi connectivity index (χ4n) is 2.75. The first-order valence-electron chi connectivity index (χ1n) is 7.12. The number of nitrogens with zero attached hydrogens (tertiary/aromatic N) is 3. The van der Waals surface area contributed by atoms with Gasteiger partial charge in [-0.15, -0.1) is 0 Å². The smallest absolute Gasteiger partial charge is 0.145 e. The molecule has 1 fully saturated rings. The lowest BCUT2D eigenvalue weighted by molar-refractivity contribution is 0.149. The Morgan fingerprint density at radius 1 is 1.37 bits per heavy atom. The van der Waals surface area contributed by atoms with Gasteiger partial charge in [-0.05, 0) is 44.7 Å². The number of nitrogen functional groups attached to an aromatic ring is 1. The van der Waals surface area contributed by atoms with Crippen LogP contribution in [0.1, 0.15) is 38.2 Å². The van der Waals surface area contributed by atoms with Crippen LogP contribution in [0.3, 0.4) is 0 Å². The molecule has 1 aliphatic rings. The predicted molar refractivity (Wildman–Crippen MR) is 77.4 cm³/mol. The van der Waals surface area contributed by atoms with Crippen molar-refractivity contribution >= 4 is 5.82 Å². The van der Waals surface area contributed by atoms with Crippen molar-refractivity contribution in [1.29, 1.82) is 0 Å². The number of hydrogen-bond acceptors (Lipinski definition) is 5. The highest BCUT2D eigenvalue weighted by molar-refractivity contribution is 5.33. The Balaban J connectivity index is 1.93. The van der Waals surface area contributed by atoms with Gasteiger partial charge in [-0.25, -0.2) is 15.8 Å². The zero-order valence-electron chi connectivity index (χ0n) is 12.2. The van der Waals surface area contributed by atoms with Gasteiger partial charge in [0, 0.05) is 11.8 Å². The number of aryl methyl sites for hydroxylation is 1. The van der Waals surface area contributed by atoms with Crippen LogP contribution in [0.4, 0.5) is 5.82 Å². The van der Waals surface area contributed by atoms with E-state index in [1.54, 1.807) is 0 Å². The molecular weight excluding hydrogens is 238 g/mol. The SMILES string of the molecule is Cc1cc(NN)nc(CN2CCC(C(C)C)CC2)n1. The summed E-state index contributed by atoms with van der Waals surface area (Å²) >= 11 is 0. The van der Waals surface area contributed by atoms with Crippen molar-refractivity contribution in [3.05, 3.63) is 17.6 Å². The minimum atomic E-state index is 0.694. The van der Waals surface area contributed by atoms with Gasteiger partial charge in [0.15, 0.2) is 0 Å². The van der Waals surface area contributed by atoms with Crippen LogP contribution in [-0.2, 0) is 6.54 Å². The number of likely N-dealkylation sites (tertiary alicyclic amines) is 1. The summed E-state index contributed by atoms with van der Waals surface area (Å²) < 4.78 is 0. The van der Waals surface area contributed by atoms with Crippen molar-refractivity contribution in [3.8, 4) is 0 Å². The van der Waals surface area contributed by atoms with E-state index < -0.39 is 0 Å². The van der Waals surface area contributed by atoms with Gasteiger partial charge in [0.2, 0.25) is 0 Å². The van der Waals surface area contributed by atoms with Crippen LogP contribution in [0.15, 0.2) is 6.07 Å². The number of hydrogen-bond donors (Lipinski definition) is 2. The molecule has 0 amide bonds. The molecule has 0 bridgehead atoms. The first-order chi connectivity index (χ1) is 9.08. The molecule has 106 valence electrons. The molecule has 3 N–H and O–H groups in total. The molecule has 1 aliphatic heterocycles. The van der Waals surface area contributed by atoms with Gasteiger partial charge in [-0.1, -0.05) is 13.8 Å². The van der Waals surface area contributed by atoms with E-state index in [0.717, 1.165) is 43.0 Å². The molecule has 2 rings (SSSR count). The molecule has 0 atom stereocenters. The summed E-state index contributed by atoms with van der Waals surface area (Å²) in [6.45, 7) is 9.72. The predicted octanol–water partition coefficient (Wildman–Crippen LogP) is 1.94. The second-order valence-corrected chi connectivity index (χ2v) is 5.81. The van der Waals surface area contributed by atoms with E-state index in [1.807, 2.05) is 13.0 Å². The second-order valence-electron chi connectivity index (χ2n) is 5.81. The normalized spacial score (nSPS) is 17.9. The molecule has 1 aromatic rings. The van der Waals surface area contributed by atoms with E-state index in [9.17, 15) is 0 Å². The van der Waals surface area contributed by atoms with Gasteiger partial charge in [-0.2, -0.15) is 0 Å². The molecule has 0 aromatic carbocycles. The summed E-state index contributed by atoms with van der Waals surface area (Å²) in [5.41, 5.74) is 3.55. The molecular formula is C14H25N5. The largest absolute Gasteiger partial charge is 0.308 e. The molecule has 5 heteroatoms. The minimum Gasteiger partial charge on any atom is -0.308 e. The molecule has 1 saturated heterocycles. The molecule has 2 heterocycles. The Morgan fingerprint density at radius 3 is 2.63 bits per heavy atom. The van der Waals surface area contributed by atoms with Crippen molar-refractivity contribution in [1.82, 2.24) is 14.9 Å². The average molecular weight is 263 g/mol. The van der Waals surface area contributed by atoms with Gasteiger partial charge in [0.25, 0.3) is 0 Å². The summed E-state index contributed by atoms with van der Waals surface area (Å²) in [5.74, 6) is 8.64. The zero-order valence-corrected chi connectivity index (χ0v) is 12.2. The standard InChI is InChI=1S/C14H25N5/c1-10(2)12-4-6-19(7-5-12)9-14-16-11(3)8-13(17-14)18-15/h8,10,12H,4-7,9,15H2,1-3H3,(H,16,17,18). The number of nitrogens with two attached hydrogens (primary N) is 1. The van der Waals surface area contributed by atoms with Crippen molar-refractivity contribution in [2.45, 2.75) is 40.2 Å². The number of anilines is 1. The van der Waals surface area contributed by atoms with Crippen molar-refractivity contribution in [2.75, 3.05) is 18.5 Å². The van der Waals surface area contributed by atoms with E-state index in [0.29, 0.717) is 5.82 Å². The third kappa shape index (κ3) is 3.88. The Morgan fingerprint density at radius 2 is 2.05 bits per heavy atom. The third-order valence-electron chi connectivity index (χ3n) is 3.99. The average Bonchev–Trinajstić information content (AvgIpc) is 2.38. The quantitative estimate of drug-likeness (QED) is 0.642. The van der Waals surface area contributed by atoms with E-state index in [1.165, 1.54) is 12.8 Å². The van der Waals surface area contributed by atoms with Crippen molar-refractivity contribution in [3.63, 3.8) is 0 Å². The Labute approximate surface area is 115 Å². The van der Waals surface area contributed by atoms with E-state index in [2.05, 4.69) is 34.1 Å². The molecule has 0 saturated carbocycles. The summed E-state index contributed by atoms with van der Waals surface area (Å²) in [6, 6.07) is 1.86. The Hall–Kier alpha value is -1.20. The van der Waals surface area contributed by atoms with Gasteiger partial charge >= 0.3 is 0 Å². The maximum absolute atomic E-state index is 5.42. The first-order valence-corrected chi connectivity index (χ1v) is 7.12. The van der Waals surface area contributed by atoms with Gasteiger partial charge in [0.05, 0.1) is 6.54 Å². The highest BCUT2D eigenvalue weighted by Gasteiger charge is 2.22. The molecule has 1 aromatic heterocycles. The molecule has 0 spiro atoms. The maximum atomic E-state index is 5.42. The summed E-state index contributed by atoms with van der Waals surface area (Å²) in [6.07, 6.45) is 2.57. The topological polar surface area (TPSA) is 67.1 Å². The monoisotopic (exact) mass is 263 g/mol. The number of aromatic nitrogens is 2. The Kier molecular flexibility index (Phi) is 4.71. The van der Waals surface area contributed by atoms with E-state index in [-0.39, 0.29) is 0 Å². The zero-order chi connectivity index (χ0) is 13.8. The van der Waals surface area contributed by atoms with E-state index >= 15 is 0 Å². The lowest BCUT2D eigenvalue weighted by atomic mass is 9.87. The lowest BCUT2D eigenvalue weighted by Crippen LogP contribution is -2.35. The second kappa shape index (κ2) is 6.30. The number of piperidine rings is 1. The number of nitrogens with one attached hydrogen (secondary N) is 1. The van der Waals surface area contributed by atoms with Gasteiger partial charge in [0.1, 0.15) is 11.6 Å². The summed E-state index contributed by atoms with van der Waals surface area (Å²) in [7, 11) is 0. The molecule has 0 radical (unpaired) electrons. The number of hydrazine groups is 1. The first kappa shape index (κ1) is 14.2. The van der Waals surface area contributed by atoms with Crippen molar-refractivity contribution < 1.29 is 0 Å². The highest BCUT2D eigenvalue weighted by atomic mass is 15.3. The van der Waals surface area contributed by atoms with Crippen LogP contribution in [0, 0.1) is 18.8 Å². The fourth-order valence-corrected chi connectivity index (χ4v) is 2.75. The van der Waals surface area contributed by atoms with Crippen molar-refractivity contribution in [2.24, 2.45) is 17.7 Å². The molecule has 0 aliphatic carbocycles. The van der Waals surface area contributed by atoms with Crippen LogP contribution >= 0.6 is 0 Å². The van der Waals surface area contributed by atoms with E-state index in [4.69, 9.17) is 5.84 Å². The lowest BCUT2D eigenvalue weighted by Gasteiger charge is -2.33. The van der Waals surface area contributed by atoms with Crippen LogP contribution in [-0.4, -0.2) is 28.0 Å². The van der Waals surface area contributed by atoms with Crippen LogP contribution < -0.4 is 11.3 Å².